The lowest BCUT2D eigenvalue weighted by Crippen LogP contribution is -2.00. The Kier molecular flexibility index (Phi) is 4.12. The molecule has 0 aliphatic rings. The number of methoxy groups -OCH3 is 1. The van der Waals surface area contributed by atoms with Gasteiger partial charge in [0, 0.05) is 11.6 Å². The summed E-state index contributed by atoms with van der Waals surface area (Å²) in [5, 5.41) is 0.0592. The van der Waals surface area contributed by atoms with E-state index in [1.54, 1.807) is 37.4 Å². The molecule has 5 heteroatoms. The van der Waals surface area contributed by atoms with Gasteiger partial charge in [0.2, 0.25) is 0 Å². The molecule has 0 atom stereocenters. The molecule has 0 unspecified atom stereocenters. The molecule has 0 aliphatic carbocycles. The van der Waals surface area contributed by atoms with Crippen LogP contribution in [0, 0.1) is 5.82 Å². The van der Waals surface area contributed by atoms with Crippen molar-refractivity contribution in [3.8, 4) is 11.5 Å². The molecule has 0 amide bonds. The van der Waals surface area contributed by atoms with Gasteiger partial charge in [-0.15, -0.1) is 0 Å². The number of hydrogen-bond donors (Lipinski definition) is 1. The minimum Gasteiger partial charge on any atom is -0.497 e. The molecule has 19 heavy (non-hydrogen) atoms. The summed E-state index contributed by atoms with van der Waals surface area (Å²) in [7, 11) is 1.55. The Morgan fingerprint density at radius 3 is 2.79 bits per heavy atom. The Bertz CT molecular complexity index is 590. The van der Waals surface area contributed by atoms with Gasteiger partial charge in [0.25, 0.3) is 0 Å². The normalized spacial score (nSPS) is 10.3. The fourth-order valence-electron chi connectivity index (χ4n) is 1.58. The van der Waals surface area contributed by atoms with Gasteiger partial charge in [-0.1, -0.05) is 23.7 Å². The van der Waals surface area contributed by atoms with Gasteiger partial charge < -0.3 is 15.2 Å². The Morgan fingerprint density at radius 1 is 1.26 bits per heavy atom. The van der Waals surface area contributed by atoms with Crippen LogP contribution >= 0.6 is 11.6 Å². The van der Waals surface area contributed by atoms with Crippen molar-refractivity contribution in [1.82, 2.24) is 0 Å². The summed E-state index contributed by atoms with van der Waals surface area (Å²) in [6.07, 6.45) is 0. The number of benzene rings is 2. The number of ether oxygens (including phenoxy) is 2. The smallest absolute Gasteiger partial charge is 0.146 e. The number of nitrogens with two attached hydrogens (primary N) is 1. The van der Waals surface area contributed by atoms with Gasteiger partial charge in [-0.3, -0.25) is 0 Å². The summed E-state index contributed by atoms with van der Waals surface area (Å²) in [6, 6.07) is 9.66. The van der Waals surface area contributed by atoms with E-state index < -0.39 is 5.82 Å². The molecule has 0 radical (unpaired) electrons. The minimum absolute atomic E-state index is 0.0592. The number of hydrogen-bond acceptors (Lipinski definition) is 3. The van der Waals surface area contributed by atoms with Crippen molar-refractivity contribution in [2.75, 3.05) is 12.8 Å². The molecule has 0 bridgehead atoms. The summed E-state index contributed by atoms with van der Waals surface area (Å²) >= 11 is 5.85. The van der Waals surface area contributed by atoms with Gasteiger partial charge in [0.15, 0.2) is 0 Å². The van der Waals surface area contributed by atoms with E-state index in [4.69, 9.17) is 26.8 Å². The Balaban J connectivity index is 2.16. The fraction of sp³-hybridized carbons (Fsp3) is 0.143. The van der Waals surface area contributed by atoms with Gasteiger partial charge >= 0.3 is 0 Å². The number of halogens is 2. The second-order valence-corrected chi connectivity index (χ2v) is 4.28. The summed E-state index contributed by atoms with van der Waals surface area (Å²) < 4.78 is 23.9. The monoisotopic (exact) mass is 281 g/mol. The zero-order valence-corrected chi connectivity index (χ0v) is 11.1. The van der Waals surface area contributed by atoms with Gasteiger partial charge in [-0.05, 0) is 18.2 Å². The largest absolute Gasteiger partial charge is 0.497 e. The molecule has 0 aromatic heterocycles. The van der Waals surface area contributed by atoms with Crippen molar-refractivity contribution in [3.05, 3.63) is 52.8 Å². The van der Waals surface area contributed by atoms with Crippen LogP contribution in [0.25, 0.3) is 0 Å². The molecular formula is C14H13ClFNO2. The van der Waals surface area contributed by atoms with E-state index in [1.807, 2.05) is 0 Å². The average Bonchev–Trinajstić information content (AvgIpc) is 2.42. The van der Waals surface area contributed by atoms with Crippen molar-refractivity contribution in [2.24, 2.45) is 0 Å². The highest BCUT2D eigenvalue weighted by molar-refractivity contribution is 6.31. The van der Waals surface area contributed by atoms with Crippen LogP contribution in [0.1, 0.15) is 5.56 Å². The van der Waals surface area contributed by atoms with Crippen LogP contribution in [0.2, 0.25) is 5.02 Å². The van der Waals surface area contributed by atoms with Gasteiger partial charge in [-0.25, -0.2) is 4.39 Å². The van der Waals surface area contributed by atoms with E-state index in [0.29, 0.717) is 22.7 Å². The molecule has 3 nitrogen and oxygen atoms in total. The van der Waals surface area contributed by atoms with Crippen molar-refractivity contribution in [2.45, 2.75) is 6.61 Å². The Hall–Kier alpha value is -1.94. The quantitative estimate of drug-likeness (QED) is 0.870. The van der Waals surface area contributed by atoms with E-state index >= 15 is 0 Å². The lowest BCUT2D eigenvalue weighted by molar-refractivity contribution is 0.305. The maximum absolute atomic E-state index is 13.3. The van der Waals surface area contributed by atoms with Crippen LogP contribution < -0.4 is 15.2 Å². The molecule has 0 heterocycles. The summed E-state index contributed by atoms with van der Waals surface area (Å²) in [6.45, 7) is 0.133. The van der Waals surface area contributed by atoms with Crippen molar-refractivity contribution < 1.29 is 13.9 Å². The standard InChI is InChI=1S/C14H13ClFNO2/c1-18-10-5-6-12(17)13(7-10)19-8-9-3-2-4-11(16)14(9)15/h2-7H,8,17H2,1H3. The summed E-state index contributed by atoms with van der Waals surface area (Å²) in [5.74, 6) is 0.635. The summed E-state index contributed by atoms with van der Waals surface area (Å²) in [4.78, 5) is 0. The molecular weight excluding hydrogens is 269 g/mol. The number of rotatable bonds is 4. The minimum atomic E-state index is -0.471. The second kappa shape index (κ2) is 5.80. The van der Waals surface area contributed by atoms with E-state index in [1.165, 1.54) is 6.07 Å². The van der Waals surface area contributed by atoms with E-state index in [9.17, 15) is 4.39 Å². The maximum Gasteiger partial charge on any atom is 0.146 e. The third-order valence-electron chi connectivity index (χ3n) is 2.64. The first-order valence-electron chi connectivity index (χ1n) is 5.61. The zero-order valence-electron chi connectivity index (χ0n) is 10.3. The highest BCUT2D eigenvalue weighted by Crippen LogP contribution is 2.28. The highest BCUT2D eigenvalue weighted by atomic mass is 35.5. The van der Waals surface area contributed by atoms with Crippen molar-refractivity contribution in [3.63, 3.8) is 0 Å². The predicted octanol–water partition coefficient (Wildman–Crippen LogP) is 3.65. The SMILES string of the molecule is COc1ccc(N)c(OCc2cccc(F)c2Cl)c1. The second-order valence-electron chi connectivity index (χ2n) is 3.91. The molecule has 0 spiro atoms. The van der Waals surface area contributed by atoms with Crippen LogP contribution in [0.15, 0.2) is 36.4 Å². The number of anilines is 1. The average molecular weight is 282 g/mol. The first kappa shape index (κ1) is 13.5. The molecule has 0 aliphatic heterocycles. The molecule has 2 N–H and O–H groups in total. The van der Waals surface area contributed by atoms with Crippen molar-refractivity contribution >= 4 is 17.3 Å². The molecule has 2 aromatic rings. The van der Waals surface area contributed by atoms with E-state index in [0.717, 1.165) is 0 Å². The fourth-order valence-corrected chi connectivity index (χ4v) is 1.76. The Labute approximate surface area is 115 Å². The third-order valence-corrected chi connectivity index (χ3v) is 3.06. The molecule has 0 saturated heterocycles. The molecule has 2 aromatic carbocycles. The first-order chi connectivity index (χ1) is 9.11. The lowest BCUT2D eigenvalue weighted by atomic mass is 10.2. The van der Waals surface area contributed by atoms with Crippen LogP contribution in [-0.2, 0) is 6.61 Å². The zero-order chi connectivity index (χ0) is 13.8. The molecule has 2 rings (SSSR count). The topological polar surface area (TPSA) is 44.5 Å². The predicted molar refractivity (Wildman–Crippen MR) is 73.1 cm³/mol. The first-order valence-corrected chi connectivity index (χ1v) is 5.99. The van der Waals surface area contributed by atoms with Crippen LogP contribution in [0.4, 0.5) is 10.1 Å². The van der Waals surface area contributed by atoms with Crippen LogP contribution in [0.3, 0.4) is 0 Å². The Morgan fingerprint density at radius 2 is 2.05 bits per heavy atom. The maximum atomic E-state index is 13.3. The molecule has 100 valence electrons. The van der Waals surface area contributed by atoms with Gasteiger partial charge in [-0.2, -0.15) is 0 Å². The van der Waals surface area contributed by atoms with E-state index in [2.05, 4.69) is 0 Å². The highest BCUT2D eigenvalue weighted by Gasteiger charge is 2.08. The molecule has 0 fully saturated rings. The third kappa shape index (κ3) is 3.09. The van der Waals surface area contributed by atoms with Crippen LogP contribution in [-0.4, -0.2) is 7.11 Å². The van der Waals surface area contributed by atoms with Gasteiger partial charge in [0.05, 0.1) is 17.8 Å². The van der Waals surface area contributed by atoms with Crippen LogP contribution in [0.5, 0.6) is 11.5 Å². The van der Waals surface area contributed by atoms with E-state index in [-0.39, 0.29) is 11.6 Å². The van der Waals surface area contributed by atoms with Gasteiger partial charge in [0.1, 0.15) is 23.9 Å². The lowest BCUT2D eigenvalue weighted by Gasteiger charge is -2.11. The summed E-state index contributed by atoms with van der Waals surface area (Å²) in [5.41, 5.74) is 6.83. The number of nitrogen functional groups attached to an aromatic ring is 1. The molecule has 0 saturated carbocycles. The van der Waals surface area contributed by atoms with Crippen molar-refractivity contribution in [1.29, 1.82) is 0 Å².